The second kappa shape index (κ2) is 12.0. The fraction of sp³-hybridized carbons (Fsp3) is 0.700. The van der Waals surface area contributed by atoms with E-state index < -0.39 is 42.3 Å². The van der Waals surface area contributed by atoms with E-state index in [9.17, 15) is 24.9 Å². The van der Waals surface area contributed by atoms with Gasteiger partial charge in [0.25, 0.3) is 5.91 Å². The molecule has 0 heterocycles. The summed E-state index contributed by atoms with van der Waals surface area (Å²) in [7, 11) is 1.19. The molecule has 8 nitrogen and oxygen atoms in total. The summed E-state index contributed by atoms with van der Waals surface area (Å²) < 4.78 is 5.03. The molecule has 0 spiro atoms. The van der Waals surface area contributed by atoms with E-state index >= 15 is 0 Å². The molecule has 28 heavy (non-hydrogen) atoms. The van der Waals surface area contributed by atoms with Crippen LogP contribution in [0.5, 0.6) is 0 Å². The Bertz CT molecular complexity index is 541. The van der Waals surface area contributed by atoms with E-state index in [0.29, 0.717) is 0 Å². The third-order valence-electron chi connectivity index (χ3n) is 3.98. The van der Waals surface area contributed by atoms with Gasteiger partial charge >= 0.3 is 0 Å². The highest BCUT2D eigenvalue weighted by molar-refractivity contribution is 5.89. The molecule has 0 aliphatic heterocycles. The zero-order valence-corrected chi connectivity index (χ0v) is 17.7. The summed E-state index contributed by atoms with van der Waals surface area (Å²) in [6, 6.07) is -0.861. The van der Waals surface area contributed by atoms with Crippen molar-refractivity contribution in [2.75, 3.05) is 13.7 Å². The van der Waals surface area contributed by atoms with E-state index in [1.807, 2.05) is 20.8 Å². The summed E-state index contributed by atoms with van der Waals surface area (Å²) in [5, 5.41) is 35.7. The summed E-state index contributed by atoms with van der Waals surface area (Å²) >= 11 is 0. The lowest BCUT2D eigenvalue weighted by atomic mass is 9.94. The molecule has 0 aliphatic carbocycles. The number of carbonyl (C=O) groups excluding carboxylic acids is 2. The molecule has 5 atom stereocenters. The number of ether oxygens (including phenoxy) is 1. The van der Waals surface area contributed by atoms with E-state index in [2.05, 4.69) is 17.2 Å². The molecule has 0 bridgehead atoms. The van der Waals surface area contributed by atoms with Crippen molar-refractivity contribution >= 4 is 11.8 Å². The van der Waals surface area contributed by atoms with Crippen LogP contribution in [-0.4, -0.2) is 71.2 Å². The number of methoxy groups -OCH3 is 1. The number of nitrogens with one attached hydrogen (secondary N) is 2. The van der Waals surface area contributed by atoms with Crippen molar-refractivity contribution in [2.24, 2.45) is 11.3 Å². The van der Waals surface area contributed by atoms with E-state index in [4.69, 9.17) is 4.74 Å². The van der Waals surface area contributed by atoms with Crippen molar-refractivity contribution in [3.8, 4) is 0 Å². The van der Waals surface area contributed by atoms with Crippen LogP contribution in [0.4, 0.5) is 0 Å². The maximum Gasteiger partial charge on any atom is 0.252 e. The Hall–Kier alpha value is -1.74. The second-order valence-corrected chi connectivity index (χ2v) is 8.12. The van der Waals surface area contributed by atoms with Gasteiger partial charge in [0.2, 0.25) is 5.91 Å². The lowest BCUT2D eigenvalue weighted by Crippen LogP contribution is -2.57. The smallest absolute Gasteiger partial charge is 0.252 e. The van der Waals surface area contributed by atoms with Gasteiger partial charge < -0.3 is 30.7 Å². The van der Waals surface area contributed by atoms with Crippen LogP contribution < -0.4 is 10.6 Å². The lowest BCUT2D eigenvalue weighted by molar-refractivity contribution is -0.151. The summed E-state index contributed by atoms with van der Waals surface area (Å²) in [5.74, 6) is -1.40. The Morgan fingerprint density at radius 1 is 1.11 bits per heavy atom. The van der Waals surface area contributed by atoms with Gasteiger partial charge in [0.05, 0.1) is 0 Å². The summed E-state index contributed by atoms with van der Waals surface area (Å²) in [6.07, 6.45) is -1.65. The first-order valence-electron chi connectivity index (χ1n) is 9.31. The average molecular weight is 401 g/mol. The minimum absolute atomic E-state index is 0.228. The molecule has 8 heteroatoms. The van der Waals surface area contributed by atoms with Gasteiger partial charge in [-0.15, -0.1) is 6.58 Å². The lowest BCUT2D eigenvalue weighted by Gasteiger charge is -2.29. The van der Waals surface area contributed by atoms with Crippen molar-refractivity contribution in [1.82, 2.24) is 10.6 Å². The van der Waals surface area contributed by atoms with E-state index in [-0.39, 0.29) is 17.9 Å². The Labute approximate surface area is 167 Å². The van der Waals surface area contributed by atoms with Crippen LogP contribution in [0.1, 0.15) is 34.6 Å². The predicted molar refractivity (Wildman–Crippen MR) is 107 cm³/mol. The van der Waals surface area contributed by atoms with Crippen molar-refractivity contribution in [1.29, 1.82) is 0 Å². The normalized spacial score (nSPS) is 17.6. The Balaban J connectivity index is 5.19. The fourth-order valence-electron chi connectivity index (χ4n) is 2.34. The molecule has 0 fully saturated rings. The molecule has 0 unspecified atom stereocenters. The number of allylic oxidation sites excluding steroid dienone is 1. The minimum atomic E-state index is -1.70. The SMILES string of the molecule is C=CCNC(=O)[C@@H](NC(=O)[C@H](OC)[C@H](O)[C@@H](O)[C@H](O)C=CC(C)(C)C)C(C)C. The monoisotopic (exact) mass is 400 g/mol. The molecule has 0 saturated heterocycles. The van der Waals surface area contributed by atoms with Crippen molar-refractivity contribution in [3.05, 3.63) is 24.8 Å². The van der Waals surface area contributed by atoms with Gasteiger partial charge in [-0.2, -0.15) is 0 Å². The van der Waals surface area contributed by atoms with Gasteiger partial charge in [-0.3, -0.25) is 9.59 Å². The highest BCUT2D eigenvalue weighted by Crippen LogP contribution is 2.17. The summed E-state index contributed by atoms with van der Waals surface area (Å²) in [4.78, 5) is 24.8. The molecule has 0 aromatic carbocycles. The zero-order chi connectivity index (χ0) is 22.1. The quantitative estimate of drug-likeness (QED) is 0.314. The summed E-state index contributed by atoms with van der Waals surface area (Å²) in [6.45, 7) is 13.0. The number of aliphatic hydroxyl groups is 3. The first-order valence-corrected chi connectivity index (χ1v) is 9.31. The van der Waals surface area contributed by atoms with Crippen LogP contribution >= 0.6 is 0 Å². The fourth-order valence-corrected chi connectivity index (χ4v) is 2.34. The number of amides is 2. The molecule has 0 rings (SSSR count). The van der Waals surface area contributed by atoms with Crippen LogP contribution in [0.2, 0.25) is 0 Å². The van der Waals surface area contributed by atoms with Crippen molar-refractivity contribution in [3.63, 3.8) is 0 Å². The Morgan fingerprint density at radius 3 is 2.11 bits per heavy atom. The minimum Gasteiger partial charge on any atom is -0.387 e. The number of carbonyl (C=O) groups is 2. The van der Waals surface area contributed by atoms with E-state index in [1.54, 1.807) is 19.9 Å². The number of rotatable bonds is 11. The molecule has 0 aromatic heterocycles. The van der Waals surface area contributed by atoms with Crippen molar-refractivity contribution < 1.29 is 29.6 Å². The number of aliphatic hydroxyl groups excluding tert-OH is 3. The summed E-state index contributed by atoms with van der Waals surface area (Å²) in [5.41, 5.74) is -0.229. The van der Waals surface area contributed by atoms with Gasteiger partial charge in [0.1, 0.15) is 24.4 Å². The van der Waals surface area contributed by atoms with Gasteiger partial charge in [0, 0.05) is 13.7 Å². The standard InChI is InChI=1S/C20H36N2O6/c1-8-11-21-18(26)14(12(2)3)22-19(27)17(28-7)16(25)15(24)13(23)9-10-20(4,5)6/h8-10,12-17,23-25H,1,11H2,2-7H3,(H,21,26)(H,22,27)/t13-,14+,15+,16-,17-/m1/s1. The zero-order valence-electron chi connectivity index (χ0n) is 17.7. The Morgan fingerprint density at radius 2 is 1.68 bits per heavy atom. The molecule has 0 aliphatic rings. The highest BCUT2D eigenvalue weighted by Gasteiger charge is 2.37. The molecule has 0 aromatic rings. The second-order valence-electron chi connectivity index (χ2n) is 8.12. The van der Waals surface area contributed by atoms with Gasteiger partial charge in [-0.05, 0) is 11.3 Å². The first-order chi connectivity index (χ1) is 12.9. The molecule has 2 amide bonds. The van der Waals surface area contributed by atoms with E-state index in [0.717, 1.165) is 0 Å². The predicted octanol–water partition coefficient (Wildman–Crippen LogP) is 0.129. The van der Waals surface area contributed by atoms with Gasteiger partial charge in [-0.1, -0.05) is 52.8 Å². The van der Waals surface area contributed by atoms with Crippen LogP contribution in [-0.2, 0) is 14.3 Å². The van der Waals surface area contributed by atoms with Crippen LogP contribution in [0.25, 0.3) is 0 Å². The van der Waals surface area contributed by atoms with E-state index in [1.165, 1.54) is 19.3 Å². The maximum absolute atomic E-state index is 12.5. The molecular weight excluding hydrogens is 364 g/mol. The third-order valence-corrected chi connectivity index (χ3v) is 3.98. The Kier molecular flexibility index (Phi) is 11.2. The number of hydrogen-bond acceptors (Lipinski definition) is 6. The van der Waals surface area contributed by atoms with Crippen LogP contribution in [0.3, 0.4) is 0 Å². The van der Waals surface area contributed by atoms with Crippen LogP contribution in [0.15, 0.2) is 24.8 Å². The molecular formula is C20H36N2O6. The third kappa shape index (κ3) is 8.97. The topological polar surface area (TPSA) is 128 Å². The average Bonchev–Trinajstić information content (AvgIpc) is 2.60. The van der Waals surface area contributed by atoms with Crippen LogP contribution in [0, 0.1) is 11.3 Å². The first kappa shape index (κ1) is 26.3. The van der Waals surface area contributed by atoms with Crippen molar-refractivity contribution in [2.45, 2.75) is 65.1 Å². The highest BCUT2D eigenvalue weighted by atomic mass is 16.5. The molecule has 0 saturated carbocycles. The number of hydrogen-bond donors (Lipinski definition) is 5. The molecule has 0 radical (unpaired) electrons. The largest absolute Gasteiger partial charge is 0.387 e. The maximum atomic E-state index is 12.5. The molecule has 162 valence electrons. The van der Waals surface area contributed by atoms with Gasteiger partial charge in [0.15, 0.2) is 6.10 Å². The molecule has 5 N–H and O–H groups in total. The van der Waals surface area contributed by atoms with Gasteiger partial charge in [-0.25, -0.2) is 0 Å².